The average Bonchev–Trinajstić information content (AvgIpc) is 2.26. The van der Waals surface area contributed by atoms with Gasteiger partial charge in [0, 0.05) is 13.7 Å². The number of halogens is 2. The standard InChI is InChI=1S/C11H15ClFNO2/c1-15-6-7-16-5-4-14-11-3-2-9(13)8-10(11)12/h2-3,8,14H,4-7H2,1H3. The van der Waals surface area contributed by atoms with Gasteiger partial charge >= 0.3 is 0 Å². The van der Waals surface area contributed by atoms with Crippen LogP contribution in [-0.4, -0.2) is 33.5 Å². The molecule has 0 bridgehead atoms. The molecule has 0 aliphatic carbocycles. The third-order valence-corrected chi connectivity index (χ3v) is 2.24. The Kier molecular flexibility index (Phi) is 6.15. The zero-order valence-electron chi connectivity index (χ0n) is 9.13. The molecular weight excluding hydrogens is 233 g/mol. The molecule has 0 unspecified atom stereocenters. The molecule has 0 amide bonds. The first-order valence-corrected chi connectivity index (χ1v) is 5.37. The zero-order valence-corrected chi connectivity index (χ0v) is 9.89. The molecule has 0 aliphatic rings. The van der Waals surface area contributed by atoms with Crippen LogP contribution >= 0.6 is 11.6 Å². The van der Waals surface area contributed by atoms with Crippen molar-refractivity contribution >= 4 is 17.3 Å². The fraction of sp³-hybridized carbons (Fsp3) is 0.455. The van der Waals surface area contributed by atoms with Gasteiger partial charge in [0.15, 0.2) is 0 Å². The highest BCUT2D eigenvalue weighted by Crippen LogP contribution is 2.21. The molecule has 0 spiro atoms. The van der Waals surface area contributed by atoms with Crippen molar-refractivity contribution in [3.8, 4) is 0 Å². The SMILES string of the molecule is COCCOCCNc1ccc(F)cc1Cl. The lowest BCUT2D eigenvalue weighted by molar-refractivity contribution is 0.0759. The molecule has 1 aromatic rings. The Morgan fingerprint density at radius 2 is 2.12 bits per heavy atom. The van der Waals surface area contributed by atoms with Crippen LogP contribution in [0.15, 0.2) is 18.2 Å². The van der Waals surface area contributed by atoms with E-state index >= 15 is 0 Å². The van der Waals surface area contributed by atoms with Gasteiger partial charge in [0.25, 0.3) is 0 Å². The summed E-state index contributed by atoms with van der Waals surface area (Å²) >= 11 is 5.83. The normalized spacial score (nSPS) is 10.4. The average molecular weight is 248 g/mol. The van der Waals surface area contributed by atoms with Gasteiger partial charge in [-0.2, -0.15) is 0 Å². The van der Waals surface area contributed by atoms with Crippen LogP contribution in [0.4, 0.5) is 10.1 Å². The van der Waals surface area contributed by atoms with E-state index in [-0.39, 0.29) is 5.82 Å². The molecule has 0 saturated heterocycles. The van der Waals surface area contributed by atoms with Crippen molar-refractivity contribution in [3.63, 3.8) is 0 Å². The first kappa shape index (κ1) is 13.2. The van der Waals surface area contributed by atoms with E-state index in [1.807, 2.05) is 0 Å². The third kappa shape index (κ3) is 4.79. The molecule has 0 saturated carbocycles. The lowest BCUT2D eigenvalue weighted by atomic mass is 10.3. The lowest BCUT2D eigenvalue weighted by Crippen LogP contribution is -2.12. The van der Waals surface area contributed by atoms with E-state index in [4.69, 9.17) is 21.1 Å². The number of nitrogens with one attached hydrogen (secondary N) is 1. The molecule has 0 aromatic heterocycles. The van der Waals surface area contributed by atoms with Crippen LogP contribution in [0.2, 0.25) is 5.02 Å². The van der Waals surface area contributed by atoms with Crippen molar-refractivity contribution in [1.82, 2.24) is 0 Å². The Hall–Kier alpha value is -0.840. The number of methoxy groups -OCH3 is 1. The molecule has 1 rings (SSSR count). The molecule has 0 aliphatic heterocycles. The number of anilines is 1. The van der Waals surface area contributed by atoms with Gasteiger partial charge < -0.3 is 14.8 Å². The summed E-state index contributed by atoms with van der Waals surface area (Å²) in [7, 11) is 1.62. The molecule has 0 heterocycles. The lowest BCUT2D eigenvalue weighted by Gasteiger charge is -2.08. The monoisotopic (exact) mass is 247 g/mol. The van der Waals surface area contributed by atoms with Gasteiger partial charge in [0.05, 0.1) is 30.5 Å². The highest BCUT2D eigenvalue weighted by molar-refractivity contribution is 6.33. The second-order valence-electron chi connectivity index (χ2n) is 3.16. The minimum Gasteiger partial charge on any atom is -0.382 e. The molecule has 3 nitrogen and oxygen atoms in total. The molecule has 16 heavy (non-hydrogen) atoms. The summed E-state index contributed by atoms with van der Waals surface area (Å²) in [6.45, 7) is 2.32. The van der Waals surface area contributed by atoms with E-state index in [0.29, 0.717) is 37.1 Å². The van der Waals surface area contributed by atoms with E-state index < -0.39 is 0 Å². The fourth-order valence-corrected chi connectivity index (χ4v) is 1.37. The second kappa shape index (κ2) is 7.44. The zero-order chi connectivity index (χ0) is 11.8. The highest BCUT2D eigenvalue weighted by Gasteiger charge is 2.00. The van der Waals surface area contributed by atoms with Gasteiger partial charge in [-0.25, -0.2) is 4.39 Å². The van der Waals surface area contributed by atoms with Crippen LogP contribution in [0.5, 0.6) is 0 Å². The molecular formula is C11H15ClFNO2. The molecule has 5 heteroatoms. The van der Waals surface area contributed by atoms with Crippen molar-refractivity contribution in [2.24, 2.45) is 0 Å². The summed E-state index contributed by atoms with van der Waals surface area (Å²) in [6.07, 6.45) is 0. The Morgan fingerprint density at radius 3 is 2.81 bits per heavy atom. The highest BCUT2D eigenvalue weighted by atomic mass is 35.5. The topological polar surface area (TPSA) is 30.5 Å². The summed E-state index contributed by atoms with van der Waals surface area (Å²) in [6, 6.07) is 4.24. The molecule has 1 aromatic carbocycles. The van der Waals surface area contributed by atoms with Crippen LogP contribution in [0.25, 0.3) is 0 Å². The number of hydrogen-bond acceptors (Lipinski definition) is 3. The van der Waals surface area contributed by atoms with Crippen molar-refractivity contribution in [2.45, 2.75) is 0 Å². The van der Waals surface area contributed by atoms with E-state index in [2.05, 4.69) is 5.32 Å². The molecule has 90 valence electrons. The number of rotatable bonds is 7. The predicted molar refractivity (Wildman–Crippen MR) is 62.6 cm³/mol. The van der Waals surface area contributed by atoms with Crippen molar-refractivity contribution < 1.29 is 13.9 Å². The fourth-order valence-electron chi connectivity index (χ4n) is 1.14. The van der Waals surface area contributed by atoms with E-state index in [1.165, 1.54) is 12.1 Å². The first-order chi connectivity index (χ1) is 7.74. The van der Waals surface area contributed by atoms with Gasteiger partial charge in [0.1, 0.15) is 5.82 Å². The Balaban J connectivity index is 2.21. The summed E-state index contributed by atoms with van der Waals surface area (Å²) in [5.74, 6) is -0.341. The third-order valence-electron chi connectivity index (χ3n) is 1.92. The molecule has 0 atom stereocenters. The number of benzene rings is 1. The van der Waals surface area contributed by atoms with Crippen LogP contribution in [-0.2, 0) is 9.47 Å². The largest absolute Gasteiger partial charge is 0.382 e. The summed E-state index contributed by atoms with van der Waals surface area (Å²) in [5, 5.41) is 3.42. The van der Waals surface area contributed by atoms with Gasteiger partial charge in [0.2, 0.25) is 0 Å². The maximum atomic E-state index is 12.7. The summed E-state index contributed by atoms with van der Waals surface area (Å²) < 4.78 is 22.8. The van der Waals surface area contributed by atoms with Crippen LogP contribution < -0.4 is 5.32 Å². The Morgan fingerprint density at radius 1 is 1.31 bits per heavy atom. The predicted octanol–water partition coefficient (Wildman–Crippen LogP) is 2.55. The van der Waals surface area contributed by atoms with E-state index in [1.54, 1.807) is 13.2 Å². The summed E-state index contributed by atoms with van der Waals surface area (Å²) in [4.78, 5) is 0. The van der Waals surface area contributed by atoms with Gasteiger partial charge in [-0.05, 0) is 18.2 Å². The first-order valence-electron chi connectivity index (χ1n) is 4.99. The minimum atomic E-state index is -0.341. The van der Waals surface area contributed by atoms with E-state index in [0.717, 1.165) is 0 Å². The smallest absolute Gasteiger partial charge is 0.124 e. The summed E-state index contributed by atoms with van der Waals surface area (Å²) in [5.41, 5.74) is 0.707. The van der Waals surface area contributed by atoms with Crippen LogP contribution in [0.3, 0.4) is 0 Å². The maximum absolute atomic E-state index is 12.7. The number of hydrogen-bond donors (Lipinski definition) is 1. The minimum absolute atomic E-state index is 0.341. The quantitative estimate of drug-likeness (QED) is 0.752. The Labute approximate surface area is 99.5 Å². The van der Waals surface area contributed by atoms with Crippen molar-refractivity contribution in [3.05, 3.63) is 29.0 Å². The number of ether oxygens (including phenoxy) is 2. The van der Waals surface area contributed by atoms with Crippen molar-refractivity contribution in [1.29, 1.82) is 0 Å². The molecule has 1 N–H and O–H groups in total. The van der Waals surface area contributed by atoms with Gasteiger partial charge in [-0.1, -0.05) is 11.6 Å². The van der Waals surface area contributed by atoms with E-state index in [9.17, 15) is 4.39 Å². The van der Waals surface area contributed by atoms with Gasteiger partial charge in [-0.3, -0.25) is 0 Å². The van der Waals surface area contributed by atoms with Crippen molar-refractivity contribution in [2.75, 3.05) is 38.8 Å². The Bertz CT molecular complexity index is 323. The molecule has 0 fully saturated rings. The van der Waals surface area contributed by atoms with Crippen LogP contribution in [0, 0.1) is 5.82 Å². The second-order valence-corrected chi connectivity index (χ2v) is 3.56. The van der Waals surface area contributed by atoms with Crippen LogP contribution in [0.1, 0.15) is 0 Å². The maximum Gasteiger partial charge on any atom is 0.124 e. The van der Waals surface area contributed by atoms with Gasteiger partial charge in [-0.15, -0.1) is 0 Å². The molecule has 0 radical (unpaired) electrons.